The zero-order valence-electron chi connectivity index (χ0n) is 11.0. The minimum absolute atomic E-state index is 0.234. The van der Waals surface area contributed by atoms with Gasteiger partial charge in [0.2, 0.25) is 5.82 Å². The van der Waals surface area contributed by atoms with Crippen LogP contribution in [0, 0.1) is 0 Å². The molecule has 120 valence electrons. The van der Waals surface area contributed by atoms with Crippen LogP contribution < -0.4 is 0 Å². The highest BCUT2D eigenvalue weighted by molar-refractivity contribution is 5.91. The van der Waals surface area contributed by atoms with Crippen LogP contribution in [0.2, 0.25) is 0 Å². The van der Waals surface area contributed by atoms with Gasteiger partial charge in [0.15, 0.2) is 11.4 Å². The Morgan fingerprint density at radius 3 is 1.87 bits per heavy atom. The summed E-state index contributed by atoms with van der Waals surface area (Å²) in [5, 5.41) is 38.7. The Balaban J connectivity index is 0.000000231. The van der Waals surface area contributed by atoms with Crippen LogP contribution in [0.1, 0.15) is 42.1 Å². The second-order valence-electron chi connectivity index (χ2n) is 3.65. The molecule has 0 aliphatic heterocycles. The average Bonchev–Trinajstić information content (AvgIpc) is 2.98. The monoisotopic (exact) mass is 324 g/mol. The Morgan fingerprint density at radius 2 is 1.48 bits per heavy atom. The summed E-state index contributed by atoms with van der Waals surface area (Å²) >= 11 is 0. The van der Waals surface area contributed by atoms with Gasteiger partial charge in [0.25, 0.3) is 0 Å². The van der Waals surface area contributed by atoms with Crippen LogP contribution in [0.25, 0.3) is 0 Å². The van der Waals surface area contributed by atoms with E-state index >= 15 is 0 Å². The lowest BCUT2D eigenvalue weighted by molar-refractivity contribution is 0.0665. The molecule has 0 saturated carbocycles. The van der Waals surface area contributed by atoms with Crippen molar-refractivity contribution in [1.82, 2.24) is 20.2 Å². The van der Waals surface area contributed by atoms with Crippen molar-refractivity contribution in [3.05, 3.63) is 41.2 Å². The highest BCUT2D eigenvalue weighted by Crippen LogP contribution is 1.98. The number of H-pyrrole nitrogens is 1. The van der Waals surface area contributed by atoms with E-state index in [0.29, 0.717) is 0 Å². The largest absolute Gasteiger partial charge is 0.477 e. The third kappa shape index (κ3) is 4.89. The molecule has 0 bridgehead atoms. The van der Waals surface area contributed by atoms with Crippen LogP contribution >= 0.6 is 0 Å². The molecule has 5 N–H and O–H groups in total. The second-order valence-corrected chi connectivity index (χ2v) is 3.65. The molecule has 2 rings (SSSR count). The molecular formula is C11H8N4O8. The minimum atomic E-state index is -1.35. The molecule has 12 nitrogen and oxygen atoms in total. The van der Waals surface area contributed by atoms with Crippen LogP contribution in [0.15, 0.2) is 18.3 Å². The fourth-order valence-corrected chi connectivity index (χ4v) is 1.12. The first-order chi connectivity index (χ1) is 10.7. The fourth-order valence-electron chi connectivity index (χ4n) is 1.12. The maximum Gasteiger partial charge on any atom is 0.373 e. The number of hydrogen-bond acceptors (Lipinski definition) is 7. The first-order valence-electron chi connectivity index (χ1n) is 5.54. The quantitative estimate of drug-likeness (QED) is 0.492. The first kappa shape index (κ1) is 17.2. The Bertz CT molecular complexity index is 711. The molecule has 2 aromatic rings. The molecule has 0 fully saturated rings. The lowest BCUT2D eigenvalue weighted by atomic mass is 10.3. The van der Waals surface area contributed by atoms with Crippen molar-refractivity contribution >= 4 is 23.9 Å². The van der Waals surface area contributed by atoms with Gasteiger partial charge in [-0.15, -0.1) is 0 Å². The molecule has 0 saturated heterocycles. The Morgan fingerprint density at radius 1 is 0.870 bits per heavy atom. The van der Waals surface area contributed by atoms with Gasteiger partial charge < -0.3 is 20.4 Å². The van der Waals surface area contributed by atoms with Gasteiger partial charge in [0.05, 0.1) is 0 Å². The van der Waals surface area contributed by atoms with Crippen molar-refractivity contribution in [2.75, 3.05) is 0 Å². The third-order valence-corrected chi connectivity index (χ3v) is 2.09. The average molecular weight is 324 g/mol. The number of carbonyl (C=O) groups is 4. The van der Waals surface area contributed by atoms with E-state index in [0.717, 1.165) is 18.3 Å². The SMILES string of the molecule is O=C(O)c1cc(C(=O)O)[nH]n1.O=C(O)c1ccnc(C(=O)O)n1. The van der Waals surface area contributed by atoms with Crippen molar-refractivity contribution in [3.8, 4) is 0 Å². The van der Waals surface area contributed by atoms with Gasteiger partial charge in [0.1, 0.15) is 5.69 Å². The van der Waals surface area contributed by atoms with Crippen molar-refractivity contribution in [2.45, 2.75) is 0 Å². The van der Waals surface area contributed by atoms with Crippen molar-refractivity contribution in [3.63, 3.8) is 0 Å². The fraction of sp³-hybridized carbons (Fsp3) is 0. The lowest BCUT2D eigenvalue weighted by Crippen LogP contribution is -2.08. The first-order valence-corrected chi connectivity index (χ1v) is 5.54. The number of aromatic amines is 1. The highest BCUT2D eigenvalue weighted by atomic mass is 16.4. The normalized spacial score (nSPS) is 9.39. The molecule has 23 heavy (non-hydrogen) atoms. The number of nitrogens with zero attached hydrogens (tertiary/aromatic N) is 3. The number of carboxylic acids is 4. The van der Waals surface area contributed by atoms with Gasteiger partial charge >= 0.3 is 23.9 Å². The summed E-state index contributed by atoms with van der Waals surface area (Å²) in [5.74, 6) is -5.63. The van der Waals surface area contributed by atoms with Crippen LogP contribution in [-0.2, 0) is 0 Å². The second kappa shape index (κ2) is 7.26. The maximum atomic E-state index is 10.3. The zero-order chi connectivity index (χ0) is 17.6. The summed E-state index contributed by atoms with van der Waals surface area (Å²) in [4.78, 5) is 47.5. The molecule has 0 aliphatic carbocycles. The lowest BCUT2D eigenvalue weighted by Gasteiger charge is -1.93. The van der Waals surface area contributed by atoms with E-state index in [1.807, 2.05) is 0 Å². The number of nitrogens with one attached hydrogen (secondary N) is 1. The van der Waals surface area contributed by atoms with E-state index in [9.17, 15) is 19.2 Å². The summed E-state index contributed by atoms with van der Waals surface area (Å²) in [7, 11) is 0. The Hall–Kier alpha value is -3.83. The molecule has 0 spiro atoms. The van der Waals surface area contributed by atoms with Crippen molar-refractivity contribution in [2.24, 2.45) is 0 Å². The molecule has 0 aliphatic rings. The zero-order valence-corrected chi connectivity index (χ0v) is 11.0. The van der Waals surface area contributed by atoms with Crippen LogP contribution in [-0.4, -0.2) is 64.5 Å². The summed E-state index contributed by atoms with van der Waals surface area (Å²) in [6.45, 7) is 0. The molecule has 12 heteroatoms. The van der Waals surface area contributed by atoms with E-state index in [1.54, 1.807) is 0 Å². The van der Waals surface area contributed by atoms with E-state index in [-0.39, 0.29) is 17.1 Å². The van der Waals surface area contributed by atoms with Crippen molar-refractivity contribution < 1.29 is 39.6 Å². The van der Waals surface area contributed by atoms with Gasteiger partial charge in [-0.1, -0.05) is 0 Å². The van der Waals surface area contributed by atoms with Gasteiger partial charge in [0, 0.05) is 12.3 Å². The molecule has 0 atom stereocenters. The van der Waals surface area contributed by atoms with E-state index in [1.165, 1.54) is 0 Å². The van der Waals surface area contributed by atoms with Crippen molar-refractivity contribution in [1.29, 1.82) is 0 Å². The number of hydrogen-bond donors (Lipinski definition) is 5. The third-order valence-electron chi connectivity index (χ3n) is 2.09. The molecule has 0 unspecified atom stereocenters. The van der Waals surface area contributed by atoms with Crippen LogP contribution in [0.4, 0.5) is 0 Å². The molecule has 0 aromatic carbocycles. The highest BCUT2D eigenvalue weighted by Gasteiger charge is 2.12. The van der Waals surface area contributed by atoms with Crippen LogP contribution in [0.5, 0.6) is 0 Å². The summed E-state index contributed by atoms with van der Waals surface area (Å²) in [6.07, 6.45) is 1.08. The Labute approximate surface area is 126 Å². The molecule has 2 heterocycles. The summed E-state index contributed by atoms with van der Waals surface area (Å²) in [5.41, 5.74) is -0.868. The summed E-state index contributed by atoms with van der Waals surface area (Å²) < 4.78 is 0. The van der Waals surface area contributed by atoms with Gasteiger partial charge in [-0.2, -0.15) is 5.10 Å². The number of rotatable bonds is 4. The summed E-state index contributed by atoms with van der Waals surface area (Å²) in [6, 6.07) is 2.07. The standard InChI is InChI=1S/C6H4N2O4.C5H4N2O4/c9-5(10)3-1-2-7-4(8-3)6(11)12;8-4(9)2-1-3(5(10)11)7-6-2/h1-2H,(H,9,10)(H,11,12);1H,(H,6,7)(H,8,9)(H,10,11). The van der Waals surface area contributed by atoms with Gasteiger partial charge in [-0.3, -0.25) is 5.10 Å². The topological polar surface area (TPSA) is 204 Å². The van der Waals surface area contributed by atoms with Gasteiger partial charge in [-0.25, -0.2) is 29.1 Å². The number of aromatic nitrogens is 4. The van der Waals surface area contributed by atoms with E-state index in [2.05, 4.69) is 20.2 Å². The minimum Gasteiger partial charge on any atom is -0.477 e. The molecule has 0 radical (unpaired) electrons. The van der Waals surface area contributed by atoms with Gasteiger partial charge in [-0.05, 0) is 6.07 Å². The molecule has 0 amide bonds. The molecular weight excluding hydrogens is 316 g/mol. The Kier molecular flexibility index (Phi) is 5.43. The number of carboxylic acid groups (broad SMARTS) is 4. The maximum absolute atomic E-state index is 10.3. The smallest absolute Gasteiger partial charge is 0.373 e. The van der Waals surface area contributed by atoms with E-state index in [4.69, 9.17) is 20.4 Å². The predicted octanol–water partition coefficient (Wildman–Crippen LogP) is -0.321. The number of aromatic carboxylic acids is 4. The predicted molar refractivity (Wildman–Crippen MR) is 68.5 cm³/mol. The van der Waals surface area contributed by atoms with E-state index < -0.39 is 29.7 Å². The van der Waals surface area contributed by atoms with Crippen LogP contribution in [0.3, 0.4) is 0 Å². The molecule has 2 aromatic heterocycles.